The van der Waals surface area contributed by atoms with Crippen molar-refractivity contribution in [3.8, 4) is 11.3 Å². The Kier molecular flexibility index (Phi) is 4.74. The molecule has 0 spiro atoms. The van der Waals surface area contributed by atoms with Gasteiger partial charge in [-0.3, -0.25) is 9.48 Å². The smallest absolute Gasteiger partial charge is 0.306 e. The van der Waals surface area contributed by atoms with E-state index in [0.717, 1.165) is 6.07 Å². The van der Waals surface area contributed by atoms with Gasteiger partial charge in [-0.2, -0.15) is 28.2 Å². The van der Waals surface area contributed by atoms with Gasteiger partial charge in [0.2, 0.25) is 5.91 Å². The summed E-state index contributed by atoms with van der Waals surface area (Å²) in [5.41, 5.74) is -0.668. The van der Waals surface area contributed by atoms with Gasteiger partial charge >= 0.3 is 6.18 Å². The largest absolute Gasteiger partial charge is 0.417 e. The molecule has 1 N–H and O–H groups in total. The first-order chi connectivity index (χ1) is 12.4. The number of nitrogens with zero attached hydrogens (tertiary/aromatic N) is 5. The quantitative estimate of drug-likeness (QED) is 0.755. The summed E-state index contributed by atoms with van der Waals surface area (Å²) in [5, 5.41) is 14.6. The molecule has 3 aromatic rings. The molecule has 0 aliphatic heterocycles. The second-order valence-electron chi connectivity index (χ2n) is 5.41. The van der Waals surface area contributed by atoms with Crippen LogP contribution in [0.2, 0.25) is 0 Å². The summed E-state index contributed by atoms with van der Waals surface area (Å²) < 4.78 is 40.6. The molecule has 2 aromatic heterocycles. The van der Waals surface area contributed by atoms with Crippen LogP contribution in [0.3, 0.4) is 0 Å². The lowest BCUT2D eigenvalue weighted by Crippen LogP contribution is -2.19. The van der Waals surface area contributed by atoms with Crippen LogP contribution < -0.4 is 5.32 Å². The number of hydrogen-bond acceptors (Lipinski definition) is 4. The number of benzene rings is 1. The van der Waals surface area contributed by atoms with E-state index in [1.807, 2.05) is 6.92 Å². The summed E-state index contributed by atoms with van der Waals surface area (Å²) in [7, 11) is 0. The standard InChI is InChI=1S/C16H15F3N6O/c1-2-25-20-9-14(23-25)21-15(26)10-24-8-7-13(22-24)11-5-3-4-6-12(11)16(17,18)19/h3-9H,2,10H2,1H3,(H,21,23,26). The minimum absolute atomic E-state index is 0.0370. The number of halogens is 3. The number of carbonyl (C=O) groups is 1. The molecule has 0 unspecified atom stereocenters. The highest BCUT2D eigenvalue weighted by Gasteiger charge is 2.33. The predicted octanol–water partition coefficient (Wildman–Crippen LogP) is 2.82. The average molecular weight is 364 g/mol. The number of rotatable bonds is 5. The van der Waals surface area contributed by atoms with Crippen LogP contribution in [-0.4, -0.2) is 30.7 Å². The highest BCUT2D eigenvalue weighted by atomic mass is 19.4. The Balaban J connectivity index is 1.73. The van der Waals surface area contributed by atoms with Crippen molar-refractivity contribution in [2.75, 3.05) is 5.32 Å². The van der Waals surface area contributed by atoms with Gasteiger partial charge in [-0.15, -0.1) is 5.10 Å². The van der Waals surface area contributed by atoms with Gasteiger partial charge < -0.3 is 5.32 Å². The lowest BCUT2D eigenvalue weighted by Gasteiger charge is -2.10. The van der Waals surface area contributed by atoms with E-state index >= 15 is 0 Å². The summed E-state index contributed by atoms with van der Waals surface area (Å²) in [5.74, 6) is -0.112. The monoisotopic (exact) mass is 364 g/mol. The number of aryl methyl sites for hydroxylation is 1. The van der Waals surface area contributed by atoms with Crippen LogP contribution in [0.1, 0.15) is 12.5 Å². The molecule has 0 aliphatic rings. The first-order valence-corrected chi connectivity index (χ1v) is 7.77. The number of carbonyl (C=O) groups excluding carboxylic acids is 1. The summed E-state index contributed by atoms with van der Waals surface area (Å²) in [6, 6.07) is 6.61. The molecule has 0 fully saturated rings. The first-order valence-electron chi connectivity index (χ1n) is 7.77. The number of amides is 1. The Bertz CT molecular complexity index is 915. The van der Waals surface area contributed by atoms with Crippen LogP contribution in [0, 0.1) is 0 Å². The molecule has 3 rings (SSSR count). The topological polar surface area (TPSA) is 77.6 Å². The zero-order valence-electron chi connectivity index (χ0n) is 13.7. The third-order valence-corrected chi connectivity index (χ3v) is 3.54. The molecular weight excluding hydrogens is 349 g/mol. The second-order valence-corrected chi connectivity index (χ2v) is 5.41. The molecule has 0 radical (unpaired) electrons. The first kappa shape index (κ1) is 17.6. The van der Waals surface area contributed by atoms with Crippen LogP contribution >= 0.6 is 0 Å². The number of alkyl halides is 3. The molecule has 10 heteroatoms. The SMILES string of the molecule is CCn1ncc(NC(=O)Cn2ccc(-c3ccccc3C(F)(F)F)n2)n1. The van der Waals surface area contributed by atoms with Crippen LogP contribution in [-0.2, 0) is 24.1 Å². The summed E-state index contributed by atoms with van der Waals surface area (Å²) >= 11 is 0. The fraction of sp³-hybridized carbons (Fsp3) is 0.250. The van der Waals surface area contributed by atoms with E-state index in [2.05, 4.69) is 20.6 Å². The average Bonchev–Trinajstić information content (AvgIpc) is 3.23. The minimum atomic E-state index is -4.48. The van der Waals surface area contributed by atoms with E-state index in [0.29, 0.717) is 12.4 Å². The van der Waals surface area contributed by atoms with Gasteiger partial charge in [-0.25, -0.2) is 0 Å². The molecule has 2 heterocycles. The third kappa shape index (κ3) is 3.90. The van der Waals surface area contributed by atoms with Crippen LogP contribution in [0.25, 0.3) is 11.3 Å². The Labute approximate surface area is 146 Å². The van der Waals surface area contributed by atoms with Crippen molar-refractivity contribution < 1.29 is 18.0 Å². The minimum Gasteiger partial charge on any atom is -0.306 e. The molecule has 26 heavy (non-hydrogen) atoms. The molecule has 0 saturated carbocycles. The fourth-order valence-electron chi connectivity index (χ4n) is 2.38. The zero-order valence-corrected chi connectivity index (χ0v) is 13.7. The van der Waals surface area contributed by atoms with Crippen molar-refractivity contribution in [3.05, 3.63) is 48.3 Å². The van der Waals surface area contributed by atoms with Crippen molar-refractivity contribution >= 4 is 11.7 Å². The predicted molar refractivity (Wildman–Crippen MR) is 87.0 cm³/mol. The third-order valence-electron chi connectivity index (χ3n) is 3.54. The van der Waals surface area contributed by atoms with Crippen LogP contribution in [0.15, 0.2) is 42.7 Å². The number of aromatic nitrogens is 5. The summed E-state index contributed by atoms with van der Waals surface area (Å²) in [6.07, 6.45) is -1.62. The molecule has 0 bridgehead atoms. The van der Waals surface area contributed by atoms with Crippen molar-refractivity contribution in [3.63, 3.8) is 0 Å². The van der Waals surface area contributed by atoms with Gasteiger partial charge in [-0.05, 0) is 19.1 Å². The maximum atomic E-state index is 13.1. The lowest BCUT2D eigenvalue weighted by molar-refractivity contribution is -0.137. The summed E-state index contributed by atoms with van der Waals surface area (Å²) in [6.45, 7) is 2.26. The Morgan fingerprint density at radius 2 is 1.96 bits per heavy atom. The van der Waals surface area contributed by atoms with Gasteiger partial charge in [-0.1, -0.05) is 18.2 Å². The van der Waals surface area contributed by atoms with Gasteiger partial charge in [0.25, 0.3) is 0 Å². The summed E-state index contributed by atoms with van der Waals surface area (Å²) in [4.78, 5) is 13.4. The van der Waals surface area contributed by atoms with Gasteiger partial charge in [0, 0.05) is 11.8 Å². The number of hydrogen-bond donors (Lipinski definition) is 1. The van der Waals surface area contributed by atoms with Gasteiger partial charge in [0.05, 0.1) is 24.0 Å². The zero-order chi connectivity index (χ0) is 18.7. The van der Waals surface area contributed by atoms with E-state index in [9.17, 15) is 18.0 Å². The van der Waals surface area contributed by atoms with Crippen LogP contribution in [0.4, 0.5) is 19.0 Å². The maximum Gasteiger partial charge on any atom is 0.417 e. The van der Waals surface area contributed by atoms with E-state index in [1.54, 1.807) is 0 Å². The molecule has 7 nitrogen and oxygen atoms in total. The molecule has 136 valence electrons. The van der Waals surface area contributed by atoms with E-state index in [-0.39, 0.29) is 17.8 Å². The molecule has 1 aromatic carbocycles. The van der Waals surface area contributed by atoms with Crippen molar-refractivity contribution in [2.45, 2.75) is 26.2 Å². The van der Waals surface area contributed by atoms with Gasteiger partial charge in [0.15, 0.2) is 5.82 Å². The molecular formula is C16H15F3N6O. The highest BCUT2D eigenvalue weighted by molar-refractivity contribution is 5.89. The van der Waals surface area contributed by atoms with E-state index < -0.39 is 17.6 Å². The Hall–Kier alpha value is -3.17. The van der Waals surface area contributed by atoms with Crippen LogP contribution in [0.5, 0.6) is 0 Å². The van der Waals surface area contributed by atoms with Crippen molar-refractivity contribution in [2.24, 2.45) is 0 Å². The van der Waals surface area contributed by atoms with Crippen molar-refractivity contribution in [1.29, 1.82) is 0 Å². The Morgan fingerprint density at radius 3 is 2.65 bits per heavy atom. The number of anilines is 1. The number of nitrogens with one attached hydrogen (secondary N) is 1. The highest BCUT2D eigenvalue weighted by Crippen LogP contribution is 2.36. The Morgan fingerprint density at radius 1 is 1.19 bits per heavy atom. The second kappa shape index (κ2) is 6.98. The van der Waals surface area contributed by atoms with E-state index in [1.165, 1.54) is 46.1 Å². The molecule has 0 aliphatic carbocycles. The molecule has 0 saturated heterocycles. The maximum absolute atomic E-state index is 13.1. The molecule has 0 atom stereocenters. The van der Waals surface area contributed by atoms with E-state index in [4.69, 9.17) is 0 Å². The van der Waals surface area contributed by atoms with Gasteiger partial charge in [0.1, 0.15) is 6.54 Å². The molecule has 1 amide bonds. The van der Waals surface area contributed by atoms with Crippen molar-refractivity contribution in [1.82, 2.24) is 24.8 Å². The normalized spacial score (nSPS) is 11.5. The fourth-order valence-corrected chi connectivity index (χ4v) is 2.38. The lowest BCUT2D eigenvalue weighted by atomic mass is 10.0.